The van der Waals surface area contributed by atoms with Crippen LogP contribution >= 0.6 is 0 Å². The van der Waals surface area contributed by atoms with Crippen molar-refractivity contribution in [3.63, 3.8) is 0 Å². The normalized spacial score (nSPS) is 11.1. The third-order valence-corrected chi connectivity index (χ3v) is 5.55. The molecular formula is C25H45N. The van der Waals surface area contributed by atoms with Gasteiger partial charge in [0, 0.05) is 5.69 Å². The highest BCUT2D eigenvalue weighted by atomic mass is 14.5. The molecule has 0 aliphatic carbocycles. The van der Waals surface area contributed by atoms with Gasteiger partial charge < -0.3 is 5.73 Å². The fraction of sp³-hybridized carbons (Fsp3) is 0.760. The maximum Gasteiger partial charge on any atom is 0.0314 e. The topological polar surface area (TPSA) is 26.0 Å². The van der Waals surface area contributed by atoms with Crippen molar-refractivity contribution in [1.29, 1.82) is 0 Å². The molecule has 1 nitrogen and oxygen atoms in total. The molecule has 0 spiro atoms. The second kappa shape index (κ2) is 17.4. The Labute approximate surface area is 164 Å². The molecule has 0 bridgehead atoms. The summed E-state index contributed by atoms with van der Waals surface area (Å²) in [6, 6.07) is 8.37. The molecule has 0 aromatic heterocycles. The van der Waals surface area contributed by atoms with Crippen LogP contribution in [0, 0.1) is 0 Å². The summed E-state index contributed by atoms with van der Waals surface area (Å²) >= 11 is 0. The van der Waals surface area contributed by atoms with Crippen molar-refractivity contribution in [2.75, 3.05) is 5.73 Å². The number of anilines is 1. The van der Waals surface area contributed by atoms with E-state index in [1.807, 2.05) is 12.1 Å². The molecule has 0 amide bonds. The van der Waals surface area contributed by atoms with E-state index in [1.54, 1.807) is 0 Å². The number of rotatable bonds is 18. The molecule has 1 heteroatoms. The summed E-state index contributed by atoms with van der Waals surface area (Å²) in [7, 11) is 0. The Morgan fingerprint density at radius 1 is 0.500 bits per heavy atom. The molecular weight excluding hydrogens is 314 g/mol. The fourth-order valence-corrected chi connectivity index (χ4v) is 3.74. The number of benzene rings is 1. The number of nitrogen functional groups attached to an aromatic ring is 1. The second-order valence-electron chi connectivity index (χ2n) is 8.15. The van der Waals surface area contributed by atoms with Crippen LogP contribution in [0.4, 0.5) is 5.69 Å². The Morgan fingerprint density at radius 3 is 1.23 bits per heavy atom. The van der Waals surface area contributed by atoms with Gasteiger partial charge in [-0.25, -0.2) is 0 Å². The van der Waals surface area contributed by atoms with E-state index in [9.17, 15) is 0 Å². The van der Waals surface area contributed by atoms with Gasteiger partial charge in [-0.05, 0) is 30.5 Å². The van der Waals surface area contributed by atoms with Crippen molar-refractivity contribution >= 4 is 5.69 Å². The minimum absolute atomic E-state index is 0.871. The molecule has 150 valence electrons. The summed E-state index contributed by atoms with van der Waals surface area (Å²) < 4.78 is 0. The molecule has 26 heavy (non-hydrogen) atoms. The molecule has 1 rings (SSSR count). The molecule has 0 unspecified atom stereocenters. The van der Waals surface area contributed by atoms with Gasteiger partial charge in [-0.3, -0.25) is 0 Å². The smallest absolute Gasteiger partial charge is 0.0314 e. The van der Waals surface area contributed by atoms with Gasteiger partial charge in [0.2, 0.25) is 0 Å². The predicted octanol–water partition coefficient (Wildman–Crippen LogP) is 8.46. The standard InChI is InChI=1S/C25H45N/c1-2-3-4-5-6-7-8-9-10-11-12-13-14-15-16-17-18-19-24-20-22-25(26)23-21-24/h20-23H,2-19,26H2,1H3. The van der Waals surface area contributed by atoms with Crippen molar-refractivity contribution in [2.24, 2.45) is 0 Å². The zero-order valence-corrected chi connectivity index (χ0v) is 17.6. The Balaban J connectivity index is 1.72. The first-order valence-corrected chi connectivity index (χ1v) is 11.7. The van der Waals surface area contributed by atoms with Gasteiger partial charge >= 0.3 is 0 Å². The van der Waals surface area contributed by atoms with Gasteiger partial charge in [0.25, 0.3) is 0 Å². The van der Waals surface area contributed by atoms with Crippen LogP contribution in [0.2, 0.25) is 0 Å². The molecule has 0 aliphatic heterocycles. The molecule has 0 saturated heterocycles. The van der Waals surface area contributed by atoms with Crippen molar-refractivity contribution in [1.82, 2.24) is 0 Å². The van der Waals surface area contributed by atoms with Crippen LogP contribution in [-0.4, -0.2) is 0 Å². The van der Waals surface area contributed by atoms with E-state index in [0.717, 1.165) is 5.69 Å². The van der Waals surface area contributed by atoms with E-state index in [4.69, 9.17) is 5.73 Å². The van der Waals surface area contributed by atoms with E-state index >= 15 is 0 Å². The molecule has 0 fully saturated rings. The lowest BCUT2D eigenvalue weighted by Crippen LogP contribution is -1.88. The van der Waals surface area contributed by atoms with Crippen LogP contribution in [0.3, 0.4) is 0 Å². The van der Waals surface area contributed by atoms with Crippen LogP contribution < -0.4 is 5.73 Å². The highest BCUT2D eigenvalue weighted by molar-refractivity contribution is 5.39. The lowest BCUT2D eigenvalue weighted by Gasteiger charge is -2.04. The lowest BCUT2D eigenvalue weighted by atomic mass is 10.0. The van der Waals surface area contributed by atoms with Gasteiger partial charge in [0.15, 0.2) is 0 Å². The highest BCUT2D eigenvalue weighted by Gasteiger charge is 1.96. The van der Waals surface area contributed by atoms with Gasteiger partial charge in [0.05, 0.1) is 0 Å². The minimum Gasteiger partial charge on any atom is -0.399 e. The number of hydrogen-bond donors (Lipinski definition) is 1. The maximum atomic E-state index is 5.72. The van der Waals surface area contributed by atoms with Gasteiger partial charge in [-0.1, -0.05) is 122 Å². The summed E-state index contributed by atoms with van der Waals surface area (Å²) in [5.74, 6) is 0. The molecule has 0 heterocycles. The quantitative estimate of drug-likeness (QED) is 0.206. The number of aryl methyl sites for hydroxylation is 1. The number of unbranched alkanes of at least 4 members (excludes halogenated alkanes) is 16. The lowest BCUT2D eigenvalue weighted by molar-refractivity contribution is 0.527. The van der Waals surface area contributed by atoms with Crippen molar-refractivity contribution < 1.29 is 0 Å². The van der Waals surface area contributed by atoms with Crippen LogP contribution in [0.15, 0.2) is 24.3 Å². The predicted molar refractivity (Wildman–Crippen MR) is 119 cm³/mol. The van der Waals surface area contributed by atoms with E-state index in [0.29, 0.717) is 0 Å². The van der Waals surface area contributed by atoms with Crippen LogP contribution in [0.1, 0.15) is 122 Å². The van der Waals surface area contributed by atoms with Crippen LogP contribution in [-0.2, 0) is 6.42 Å². The first kappa shape index (κ1) is 23.1. The zero-order chi connectivity index (χ0) is 18.7. The monoisotopic (exact) mass is 359 g/mol. The third-order valence-electron chi connectivity index (χ3n) is 5.55. The van der Waals surface area contributed by atoms with E-state index < -0.39 is 0 Å². The average Bonchev–Trinajstić information content (AvgIpc) is 2.66. The molecule has 2 N–H and O–H groups in total. The first-order chi connectivity index (χ1) is 12.8. The summed E-state index contributed by atoms with van der Waals surface area (Å²) in [4.78, 5) is 0. The Hall–Kier alpha value is -0.980. The summed E-state index contributed by atoms with van der Waals surface area (Å²) in [6.45, 7) is 2.29. The van der Waals surface area contributed by atoms with E-state index in [-0.39, 0.29) is 0 Å². The maximum absolute atomic E-state index is 5.72. The Bertz CT molecular complexity index is 395. The van der Waals surface area contributed by atoms with Gasteiger partial charge in [-0.2, -0.15) is 0 Å². The third kappa shape index (κ3) is 14.2. The van der Waals surface area contributed by atoms with Crippen molar-refractivity contribution in [3.8, 4) is 0 Å². The molecule has 0 saturated carbocycles. The molecule has 1 aromatic carbocycles. The largest absolute Gasteiger partial charge is 0.399 e. The van der Waals surface area contributed by atoms with Gasteiger partial charge in [0.1, 0.15) is 0 Å². The van der Waals surface area contributed by atoms with E-state index in [1.165, 1.54) is 121 Å². The number of nitrogens with two attached hydrogens (primary N) is 1. The molecule has 0 atom stereocenters. The molecule has 1 aromatic rings. The summed E-state index contributed by atoms with van der Waals surface area (Å²) in [5, 5.41) is 0. The van der Waals surface area contributed by atoms with Crippen LogP contribution in [0.25, 0.3) is 0 Å². The fourth-order valence-electron chi connectivity index (χ4n) is 3.74. The molecule has 0 radical (unpaired) electrons. The van der Waals surface area contributed by atoms with Gasteiger partial charge in [-0.15, -0.1) is 0 Å². The second-order valence-corrected chi connectivity index (χ2v) is 8.15. The highest BCUT2D eigenvalue weighted by Crippen LogP contribution is 2.15. The SMILES string of the molecule is CCCCCCCCCCCCCCCCCCCc1ccc(N)cc1. The zero-order valence-electron chi connectivity index (χ0n) is 17.6. The summed E-state index contributed by atoms with van der Waals surface area (Å²) in [5.41, 5.74) is 8.02. The Kier molecular flexibility index (Phi) is 15.5. The summed E-state index contributed by atoms with van der Waals surface area (Å²) in [6.07, 6.45) is 25.6. The average molecular weight is 360 g/mol. The van der Waals surface area contributed by atoms with E-state index in [2.05, 4.69) is 19.1 Å². The van der Waals surface area contributed by atoms with Crippen molar-refractivity contribution in [3.05, 3.63) is 29.8 Å². The minimum atomic E-state index is 0.871. The Morgan fingerprint density at radius 2 is 0.846 bits per heavy atom. The number of hydrogen-bond acceptors (Lipinski definition) is 1. The van der Waals surface area contributed by atoms with Crippen molar-refractivity contribution in [2.45, 2.75) is 122 Å². The first-order valence-electron chi connectivity index (χ1n) is 11.7. The van der Waals surface area contributed by atoms with Crippen LogP contribution in [0.5, 0.6) is 0 Å². The molecule has 0 aliphatic rings.